The quantitative estimate of drug-likeness (QED) is 0.149. The highest BCUT2D eigenvalue weighted by atomic mass is 19.4. The molecule has 4 aromatic carbocycles. The molecule has 4 nitrogen and oxygen atoms in total. The van der Waals surface area contributed by atoms with Crippen LogP contribution in [0.15, 0.2) is 96.2 Å². The van der Waals surface area contributed by atoms with Gasteiger partial charge in [0.15, 0.2) is 12.4 Å². The van der Waals surface area contributed by atoms with Gasteiger partial charge in [-0.05, 0) is 52.2 Å². The Balaban J connectivity index is 1.28. The van der Waals surface area contributed by atoms with Crippen LogP contribution in [0.5, 0.6) is 5.75 Å². The van der Waals surface area contributed by atoms with Crippen LogP contribution in [0.3, 0.4) is 0 Å². The fourth-order valence-corrected chi connectivity index (χ4v) is 3.51. The number of carbonyl (C=O) groups is 1. The maximum absolute atomic E-state index is 12.6. The molecule has 0 saturated carbocycles. The number of fused-ring (bicyclic) bond motifs is 1. The van der Waals surface area contributed by atoms with Crippen LogP contribution in [0, 0.1) is 0 Å². The third-order valence-corrected chi connectivity index (χ3v) is 5.40. The number of halogens is 3. The van der Waals surface area contributed by atoms with E-state index in [1.807, 2.05) is 54.6 Å². The van der Waals surface area contributed by atoms with Gasteiger partial charge in [0.1, 0.15) is 12.4 Å². The van der Waals surface area contributed by atoms with E-state index in [0.29, 0.717) is 17.7 Å². The zero-order valence-electron chi connectivity index (χ0n) is 18.6. The minimum absolute atomic E-state index is 0.0727. The summed E-state index contributed by atoms with van der Waals surface area (Å²) in [5.41, 5.74) is 1.62. The second-order valence-electron chi connectivity index (χ2n) is 7.89. The average molecular weight is 477 g/mol. The summed E-state index contributed by atoms with van der Waals surface area (Å²) in [5.74, 6) is 0.564. The summed E-state index contributed by atoms with van der Waals surface area (Å²) in [6.45, 7) is 0.0727. The summed E-state index contributed by atoms with van der Waals surface area (Å²) in [5, 5.41) is 5.99. The van der Waals surface area contributed by atoms with Crippen molar-refractivity contribution in [3.8, 4) is 5.75 Å². The van der Waals surface area contributed by atoms with Crippen molar-refractivity contribution < 1.29 is 27.5 Å². The van der Waals surface area contributed by atoms with E-state index in [1.165, 1.54) is 12.1 Å². The maximum atomic E-state index is 12.6. The number of oxime groups is 1. The zero-order chi connectivity index (χ0) is 24.7. The normalized spacial score (nSPS) is 12.5. The van der Waals surface area contributed by atoms with Crippen LogP contribution in [0.1, 0.15) is 28.4 Å². The summed E-state index contributed by atoms with van der Waals surface area (Å²) in [6, 6.07) is 25.8. The first kappa shape index (κ1) is 24.0. The molecule has 0 saturated heterocycles. The van der Waals surface area contributed by atoms with Crippen LogP contribution in [0.2, 0.25) is 0 Å². The Bertz CT molecular complexity index is 1300. The predicted molar refractivity (Wildman–Crippen MR) is 128 cm³/mol. The molecular weight excluding hydrogens is 455 g/mol. The maximum Gasteiger partial charge on any atom is 0.416 e. The minimum Gasteiger partial charge on any atom is -0.478 e. The summed E-state index contributed by atoms with van der Waals surface area (Å²) < 4.78 is 43.6. The van der Waals surface area contributed by atoms with Crippen molar-refractivity contribution in [1.29, 1.82) is 0 Å². The summed E-state index contributed by atoms with van der Waals surface area (Å²) >= 11 is 0. The molecule has 0 bridgehead atoms. The first-order chi connectivity index (χ1) is 16.9. The molecule has 4 rings (SSSR count). The fraction of sp³-hybridized carbons (Fsp3) is 0.143. The fourth-order valence-electron chi connectivity index (χ4n) is 3.51. The number of rotatable bonds is 9. The van der Waals surface area contributed by atoms with Gasteiger partial charge in [-0.3, -0.25) is 4.79 Å². The van der Waals surface area contributed by atoms with E-state index in [-0.39, 0.29) is 6.61 Å². The van der Waals surface area contributed by atoms with Gasteiger partial charge < -0.3 is 9.57 Å². The lowest BCUT2D eigenvalue weighted by molar-refractivity contribution is -0.137. The topological polar surface area (TPSA) is 47.9 Å². The summed E-state index contributed by atoms with van der Waals surface area (Å²) in [6.07, 6.45) is -2.23. The van der Waals surface area contributed by atoms with E-state index in [4.69, 9.17) is 9.57 Å². The zero-order valence-corrected chi connectivity index (χ0v) is 18.6. The van der Waals surface area contributed by atoms with E-state index in [9.17, 15) is 18.0 Å². The lowest BCUT2D eigenvalue weighted by Crippen LogP contribution is -2.09. The number of ether oxygens (including phenoxy) is 1. The van der Waals surface area contributed by atoms with Gasteiger partial charge in [0, 0.05) is 18.2 Å². The highest BCUT2D eigenvalue weighted by Crippen LogP contribution is 2.29. The molecule has 7 heteroatoms. The number of hydrogen-bond acceptors (Lipinski definition) is 4. The second kappa shape index (κ2) is 10.9. The molecule has 0 heterocycles. The van der Waals surface area contributed by atoms with Crippen molar-refractivity contribution in [3.05, 3.63) is 113 Å². The van der Waals surface area contributed by atoms with Crippen molar-refractivity contribution in [2.45, 2.75) is 25.3 Å². The Morgan fingerprint density at radius 3 is 2.20 bits per heavy atom. The third-order valence-electron chi connectivity index (χ3n) is 5.40. The lowest BCUT2D eigenvalue weighted by atomic mass is 10.0. The van der Waals surface area contributed by atoms with E-state index in [0.717, 1.165) is 40.3 Å². The largest absolute Gasteiger partial charge is 0.478 e. The number of hydrogen-bond donors (Lipinski definition) is 0. The number of aldehydes is 1. The van der Waals surface area contributed by atoms with Gasteiger partial charge >= 0.3 is 6.18 Å². The van der Waals surface area contributed by atoms with E-state index >= 15 is 0 Å². The molecule has 1 atom stereocenters. The first-order valence-corrected chi connectivity index (χ1v) is 10.9. The Kier molecular flexibility index (Phi) is 7.45. The molecule has 0 amide bonds. The second-order valence-corrected chi connectivity index (χ2v) is 7.89. The molecule has 1 unspecified atom stereocenters. The highest BCUT2D eigenvalue weighted by molar-refractivity contribution is 5.83. The van der Waals surface area contributed by atoms with Crippen LogP contribution in [0.4, 0.5) is 13.2 Å². The van der Waals surface area contributed by atoms with Crippen molar-refractivity contribution in [1.82, 2.24) is 0 Å². The van der Waals surface area contributed by atoms with Gasteiger partial charge in [-0.15, -0.1) is 0 Å². The third kappa shape index (κ3) is 6.47. The SMILES string of the molecule is O=CC(Oc1ccc(CC=NOCc2ccc(C(F)(F)F)cc2)cc1)c1ccc2ccccc2c1. The van der Waals surface area contributed by atoms with Crippen LogP contribution in [-0.2, 0) is 28.8 Å². The van der Waals surface area contributed by atoms with Crippen LogP contribution in [0.25, 0.3) is 10.8 Å². The molecule has 0 aromatic heterocycles. The molecule has 0 aliphatic carbocycles. The van der Waals surface area contributed by atoms with Gasteiger partial charge in [0.05, 0.1) is 5.56 Å². The molecule has 35 heavy (non-hydrogen) atoms. The van der Waals surface area contributed by atoms with Gasteiger partial charge in [0.2, 0.25) is 0 Å². The molecule has 0 spiro atoms. The van der Waals surface area contributed by atoms with Crippen molar-refractivity contribution in [2.75, 3.05) is 0 Å². The van der Waals surface area contributed by atoms with Crippen LogP contribution >= 0.6 is 0 Å². The van der Waals surface area contributed by atoms with Gasteiger partial charge in [-0.1, -0.05) is 65.8 Å². The molecule has 0 N–H and O–H groups in total. The van der Waals surface area contributed by atoms with E-state index in [1.54, 1.807) is 18.3 Å². The van der Waals surface area contributed by atoms with E-state index in [2.05, 4.69) is 5.16 Å². The monoisotopic (exact) mass is 477 g/mol. The number of nitrogens with zero attached hydrogens (tertiary/aromatic N) is 1. The predicted octanol–water partition coefficient (Wildman–Crippen LogP) is 6.92. The molecule has 0 fully saturated rings. The Morgan fingerprint density at radius 1 is 0.829 bits per heavy atom. The minimum atomic E-state index is -4.36. The number of benzene rings is 4. The Morgan fingerprint density at radius 2 is 1.51 bits per heavy atom. The Labute approximate surface area is 200 Å². The van der Waals surface area contributed by atoms with Crippen molar-refractivity contribution in [3.63, 3.8) is 0 Å². The molecular formula is C28H22F3NO3. The molecule has 0 aliphatic heterocycles. The van der Waals surface area contributed by atoms with Crippen molar-refractivity contribution in [2.24, 2.45) is 5.16 Å². The highest BCUT2D eigenvalue weighted by Gasteiger charge is 2.29. The summed E-state index contributed by atoms with van der Waals surface area (Å²) in [7, 11) is 0. The van der Waals surface area contributed by atoms with Crippen LogP contribution < -0.4 is 4.74 Å². The van der Waals surface area contributed by atoms with Gasteiger partial charge in [-0.25, -0.2) is 0 Å². The van der Waals surface area contributed by atoms with Crippen LogP contribution in [-0.4, -0.2) is 12.5 Å². The standard InChI is InChI=1S/C28H22F3NO3/c29-28(30,31)25-11-5-21(6-12-25)19-34-32-16-15-20-7-13-26(14-8-20)35-27(18-33)24-10-9-22-3-1-2-4-23(22)17-24/h1-14,16-18,27H,15,19H2. The molecule has 0 aliphatic rings. The molecule has 0 radical (unpaired) electrons. The van der Waals surface area contributed by atoms with E-state index < -0.39 is 17.8 Å². The van der Waals surface area contributed by atoms with Crippen molar-refractivity contribution >= 4 is 23.3 Å². The molecule has 4 aromatic rings. The first-order valence-electron chi connectivity index (χ1n) is 10.9. The lowest BCUT2D eigenvalue weighted by Gasteiger charge is -2.15. The molecule has 178 valence electrons. The van der Waals surface area contributed by atoms with Gasteiger partial charge in [-0.2, -0.15) is 13.2 Å². The number of alkyl halides is 3. The average Bonchev–Trinajstić information content (AvgIpc) is 2.87. The van der Waals surface area contributed by atoms with Gasteiger partial charge in [0.25, 0.3) is 0 Å². The smallest absolute Gasteiger partial charge is 0.416 e. The Hall–Kier alpha value is -4.13. The summed E-state index contributed by atoms with van der Waals surface area (Å²) in [4.78, 5) is 16.8. The number of carbonyl (C=O) groups excluding carboxylic acids is 1.